The van der Waals surface area contributed by atoms with Gasteiger partial charge in [-0.25, -0.2) is 4.98 Å². The molecule has 1 atom stereocenters. The predicted octanol–water partition coefficient (Wildman–Crippen LogP) is 1.94. The number of aliphatic hydroxyl groups excluding tert-OH is 1. The van der Waals surface area contributed by atoms with Gasteiger partial charge in [-0.3, -0.25) is 0 Å². The van der Waals surface area contributed by atoms with Gasteiger partial charge in [0.15, 0.2) is 0 Å². The average Bonchev–Trinajstić information content (AvgIpc) is 2.05. The zero-order valence-corrected chi connectivity index (χ0v) is 7.92. The Morgan fingerprint density at radius 1 is 1.58 bits per heavy atom. The van der Waals surface area contributed by atoms with Crippen LogP contribution in [0.1, 0.15) is 13.3 Å². The van der Waals surface area contributed by atoms with Gasteiger partial charge in [-0.1, -0.05) is 6.07 Å². The summed E-state index contributed by atoms with van der Waals surface area (Å²) in [6.07, 6.45) is 2.40. The molecule has 1 aromatic heterocycles. The molecule has 0 aliphatic carbocycles. The molecule has 0 spiro atoms. The summed E-state index contributed by atoms with van der Waals surface area (Å²) >= 11 is 1.68. The molecule has 0 fully saturated rings. The van der Waals surface area contributed by atoms with Crippen molar-refractivity contribution in [2.24, 2.45) is 0 Å². The highest BCUT2D eigenvalue weighted by atomic mass is 32.2. The van der Waals surface area contributed by atoms with Crippen LogP contribution in [0.15, 0.2) is 29.4 Å². The van der Waals surface area contributed by atoms with Crippen LogP contribution >= 0.6 is 11.8 Å². The zero-order valence-electron chi connectivity index (χ0n) is 7.10. The lowest BCUT2D eigenvalue weighted by atomic mass is 10.3. The average molecular weight is 183 g/mol. The van der Waals surface area contributed by atoms with Gasteiger partial charge in [0.25, 0.3) is 0 Å². The van der Waals surface area contributed by atoms with Crippen molar-refractivity contribution in [2.75, 3.05) is 5.75 Å². The van der Waals surface area contributed by atoms with Crippen LogP contribution < -0.4 is 0 Å². The topological polar surface area (TPSA) is 33.1 Å². The van der Waals surface area contributed by atoms with E-state index in [0.717, 1.165) is 17.2 Å². The van der Waals surface area contributed by atoms with E-state index in [-0.39, 0.29) is 6.10 Å². The Labute approximate surface area is 77.0 Å². The van der Waals surface area contributed by atoms with Crippen LogP contribution in [0.2, 0.25) is 0 Å². The SMILES string of the molecule is CC(O)CCSc1ccccn1. The third-order valence-electron chi connectivity index (χ3n) is 1.42. The lowest BCUT2D eigenvalue weighted by Crippen LogP contribution is -2.00. The van der Waals surface area contributed by atoms with Crippen molar-refractivity contribution >= 4 is 11.8 Å². The molecule has 0 saturated heterocycles. The molecule has 0 bridgehead atoms. The van der Waals surface area contributed by atoms with Crippen LogP contribution in [-0.4, -0.2) is 21.9 Å². The van der Waals surface area contributed by atoms with Gasteiger partial charge in [-0.15, -0.1) is 11.8 Å². The molecule has 66 valence electrons. The van der Waals surface area contributed by atoms with Crippen LogP contribution in [0, 0.1) is 0 Å². The molecule has 1 aromatic rings. The van der Waals surface area contributed by atoms with Crippen molar-refractivity contribution in [3.8, 4) is 0 Å². The highest BCUT2D eigenvalue weighted by molar-refractivity contribution is 7.99. The van der Waals surface area contributed by atoms with Crippen LogP contribution in [0.4, 0.5) is 0 Å². The smallest absolute Gasteiger partial charge is 0.0959 e. The maximum absolute atomic E-state index is 9.00. The fourth-order valence-electron chi connectivity index (χ4n) is 0.767. The summed E-state index contributed by atoms with van der Waals surface area (Å²) in [5, 5.41) is 10.0. The molecular formula is C9H13NOS. The Morgan fingerprint density at radius 2 is 2.42 bits per heavy atom. The van der Waals surface area contributed by atoms with Crippen molar-refractivity contribution < 1.29 is 5.11 Å². The van der Waals surface area contributed by atoms with E-state index >= 15 is 0 Å². The standard InChI is InChI=1S/C9H13NOS/c1-8(11)5-7-12-9-4-2-3-6-10-9/h2-4,6,8,11H,5,7H2,1H3. The summed E-state index contributed by atoms with van der Waals surface area (Å²) in [7, 11) is 0. The molecule has 0 saturated carbocycles. The molecule has 0 radical (unpaired) electrons. The fraction of sp³-hybridized carbons (Fsp3) is 0.444. The molecule has 3 heteroatoms. The van der Waals surface area contributed by atoms with E-state index in [1.165, 1.54) is 0 Å². The number of pyridine rings is 1. The molecule has 0 aliphatic rings. The molecule has 0 amide bonds. The van der Waals surface area contributed by atoms with Crippen LogP contribution in [0.3, 0.4) is 0 Å². The minimum absolute atomic E-state index is 0.207. The molecule has 0 aromatic carbocycles. The van der Waals surface area contributed by atoms with Crippen LogP contribution in [0.25, 0.3) is 0 Å². The van der Waals surface area contributed by atoms with Crippen LogP contribution in [-0.2, 0) is 0 Å². The normalized spacial score (nSPS) is 12.8. The number of rotatable bonds is 4. The van der Waals surface area contributed by atoms with E-state index in [0.29, 0.717) is 0 Å². The van der Waals surface area contributed by atoms with E-state index in [1.807, 2.05) is 18.2 Å². The first-order chi connectivity index (χ1) is 5.79. The van der Waals surface area contributed by atoms with Crippen molar-refractivity contribution in [2.45, 2.75) is 24.5 Å². The van der Waals surface area contributed by atoms with Crippen molar-refractivity contribution in [3.63, 3.8) is 0 Å². The van der Waals surface area contributed by atoms with Gasteiger partial charge < -0.3 is 5.11 Å². The Kier molecular flexibility index (Phi) is 4.11. The second kappa shape index (κ2) is 5.17. The lowest BCUT2D eigenvalue weighted by Gasteiger charge is -2.02. The molecule has 2 nitrogen and oxygen atoms in total. The summed E-state index contributed by atoms with van der Waals surface area (Å²) in [4.78, 5) is 4.16. The third-order valence-corrected chi connectivity index (χ3v) is 2.40. The van der Waals surface area contributed by atoms with E-state index in [4.69, 9.17) is 5.11 Å². The number of hydrogen-bond donors (Lipinski definition) is 1. The zero-order chi connectivity index (χ0) is 8.81. The Balaban J connectivity index is 2.25. The van der Waals surface area contributed by atoms with E-state index in [9.17, 15) is 0 Å². The minimum Gasteiger partial charge on any atom is -0.393 e. The fourth-order valence-corrected chi connectivity index (χ4v) is 1.74. The summed E-state index contributed by atoms with van der Waals surface area (Å²) < 4.78 is 0. The largest absolute Gasteiger partial charge is 0.393 e. The quantitative estimate of drug-likeness (QED) is 0.724. The molecule has 1 unspecified atom stereocenters. The molecule has 12 heavy (non-hydrogen) atoms. The van der Waals surface area contributed by atoms with Gasteiger partial charge in [0.2, 0.25) is 0 Å². The first kappa shape index (κ1) is 9.55. The minimum atomic E-state index is -0.207. The summed E-state index contributed by atoms with van der Waals surface area (Å²) in [5.41, 5.74) is 0. The van der Waals surface area contributed by atoms with Gasteiger partial charge in [-0.2, -0.15) is 0 Å². The summed E-state index contributed by atoms with van der Waals surface area (Å²) in [5.74, 6) is 0.925. The molecule has 1 N–H and O–H groups in total. The van der Waals surface area contributed by atoms with E-state index in [2.05, 4.69) is 4.98 Å². The lowest BCUT2D eigenvalue weighted by molar-refractivity contribution is 0.192. The molecule has 1 rings (SSSR count). The molecule has 1 heterocycles. The van der Waals surface area contributed by atoms with Gasteiger partial charge >= 0.3 is 0 Å². The number of nitrogens with zero attached hydrogens (tertiary/aromatic N) is 1. The monoisotopic (exact) mass is 183 g/mol. The maximum Gasteiger partial charge on any atom is 0.0959 e. The second-order valence-corrected chi connectivity index (χ2v) is 3.77. The number of aliphatic hydroxyl groups is 1. The summed E-state index contributed by atoms with van der Waals surface area (Å²) in [6, 6.07) is 5.85. The highest BCUT2D eigenvalue weighted by Gasteiger charge is 1.97. The highest BCUT2D eigenvalue weighted by Crippen LogP contribution is 2.15. The van der Waals surface area contributed by atoms with Gasteiger partial charge in [0.05, 0.1) is 11.1 Å². The van der Waals surface area contributed by atoms with Gasteiger partial charge in [0.1, 0.15) is 0 Å². The molecule has 0 aliphatic heterocycles. The van der Waals surface area contributed by atoms with Gasteiger partial charge in [-0.05, 0) is 25.5 Å². The third kappa shape index (κ3) is 3.74. The number of aromatic nitrogens is 1. The number of hydrogen-bond acceptors (Lipinski definition) is 3. The summed E-state index contributed by atoms with van der Waals surface area (Å²) in [6.45, 7) is 1.80. The van der Waals surface area contributed by atoms with E-state index < -0.39 is 0 Å². The first-order valence-electron chi connectivity index (χ1n) is 4.01. The molecular weight excluding hydrogens is 170 g/mol. The predicted molar refractivity (Wildman–Crippen MR) is 51.3 cm³/mol. The second-order valence-electron chi connectivity index (χ2n) is 2.65. The van der Waals surface area contributed by atoms with Crippen LogP contribution in [0.5, 0.6) is 0 Å². The van der Waals surface area contributed by atoms with Crippen molar-refractivity contribution in [1.82, 2.24) is 4.98 Å². The maximum atomic E-state index is 9.00. The van der Waals surface area contributed by atoms with Gasteiger partial charge in [0, 0.05) is 11.9 Å². The van der Waals surface area contributed by atoms with Crippen molar-refractivity contribution in [3.05, 3.63) is 24.4 Å². The Hall–Kier alpha value is -0.540. The number of thioether (sulfide) groups is 1. The van der Waals surface area contributed by atoms with Crippen molar-refractivity contribution in [1.29, 1.82) is 0 Å². The van der Waals surface area contributed by atoms with E-state index in [1.54, 1.807) is 24.9 Å². The Bertz CT molecular complexity index is 213. The Morgan fingerprint density at radius 3 is 3.00 bits per heavy atom. The first-order valence-corrected chi connectivity index (χ1v) is 4.99.